The van der Waals surface area contributed by atoms with E-state index in [1.807, 2.05) is 0 Å². The molecule has 10 nitrogen and oxygen atoms in total. The van der Waals surface area contributed by atoms with Crippen LogP contribution in [0.1, 0.15) is 56.2 Å². The first-order chi connectivity index (χ1) is 17.7. The molecule has 6 atom stereocenters. The van der Waals surface area contributed by atoms with Gasteiger partial charge in [-0.2, -0.15) is 0 Å². The molecular weight excluding hydrogens is 492 g/mol. The van der Waals surface area contributed by atoms with E-state index in [2.05, 4.69) is 13.8 Å². The third-order valence-corrected chi connectivity index (χ3v) is 8.44. The number of ketones is 2. The molecule has 3 aliphatic carbocycles. The number of aryl methyl sites for hydroxylation is 1. The van der Waals surface area contributed by atoms with Crippen LogP contribution >= 0.6 is 0 Å². The highest BCUT2D eigenvalue weighted by Crippen LogP contribution is 2.56. The van der Waals surface area contributed by atoms with Crippen LogP contribution in [-0.2, 0) is 20.8 Å². The summed E-state index contributed by atoms with van der Waals surface area (Å²) in [4.78, 5) is 40.6. The molecule has 0 radical (unpaired) electrons. The second kappa shape index (κ2) is 9.52. The Hall–Kier alpha value is -3.21. The monoisotopic (exact) mass is 528 g/mol. The number of carbonyl (C=O) groups is 3. The van der Waals surface area contributed by atoms with Gasteiger partial charge < -0.3 is 31.3 Å². The Bertz CT molecular complexity index is 1280. The van der Waals surface area contributed by atoms with E-state index in [0.717, 1.165) is 12.8 Å². The molecule has 0 heterocycles. The number of aliphatic hydroxyl groups excluding tert-OH is 3. The van der Waals surface area contributed by atoms with Crippen LogP contribution in [0.15, 0.2) is 29.0 Å². The van der Waals surface area contributed by atoms with Crippen LogP contribution in [0.5, 0.6) is 5.75 Å². The lowest BCUT2D eigenvalue weighted by Gasteiger charge is -2.53. The van der Waals surface area contributed by atoms with E-state index < -0.39 is 70.1 Å². The second-order valence-electron chi connectivity index (χ2n) is 11.4. The molecule has 206 valence electrons. The van der Waals surface area contributed by atoms with Gasteiger partial charge in [0.05, 0.1) is 23.6 Å². The van der Waals surface area contributed by atoms with Crippen molar-refractivity contribution in [1.29, 1.82) is 0 Å². The summed E-state index contributed by atoms with van der Waals surface area (Å²) in [6.07, 6.45) is 0.672. The molecule has 0 spiro atoms. The number of fused-ring (bicyclic) bond motifs is 3. The molecule has 38 heavy (non-hydrogen) atoms. The van der Waals surface area contributed by atoms with Gasteiger partial charge >= 0.3 is 0 Å². The largest absolute Gasteiger partial charge is 0.508 e. The molecule has 1 amide bonds. The normalized spacial score (nSPS) is 31.0. The highest BCUT2D eigenvalue weighted by Gasteiger charge is 2.68. The highest BCUT2D eigenvalue weighted by molar-refractivity contribution is 6.24. The number of nitrogens with two attached hydrogens (primary N) is 1. The summed E-state index contributed by atoms with van der Waals surface area (Å²) in [7, 11) is 2.95. The number of carbonyl (C=O) groups excluding carboxylic acids is 3. The predicted octanol–water partition coefficient (Wildman–Crippen LogP) is 1.47. The number of Topliss-reactive ketones (excluding diaryl/α,β-unsaturated/α-hetero) is 2. The van der Waals surface area contributed by atoms with Gasteiger partial charge in [0.15, 0.2) is 11.4 Å². The first-order valence-electron chi connectivity index (χ1n) is 12.8. The molecule has 0 aromatic heterocycles. The molecule has 0 unspecified atom stereocenters. The van der Waals surface area contributed by atoms with Crippen LogP contribution in [-0.4, -0.2) is 79.7 Å². The predicted molar refractivity (Wildman–Crippen MR) is 138 cm³/mol. The number of aromatic hydroxyl groups is 1. The zero-order chi connectivity index (χ0) is 28.4. The van der Waals surface area contributed by atoms with Crippen molar-refractivity contribution in [2.45, 2.75) is 63.7 Å². The number of phenols is 1. The summed E-state index contributed by atoms with van der Waals surface area (Å²) in [6, 6.07) is 2.14. The van der Waals surface area contributed by atoms with Crippen molar-refractivity contribution in [3.05, 3.63) is 45.7 Å². The molecule has 0 aliphatic heterocycles. The van der Waals surface area contributed by atoms with Crippen molar-refractivity contribution >= 4 is 23.2 Å². The highest BCUT2D eigenvalue weighted by atomic mass is 16.4. The van der Waals surface area contributed by atoms with Gasteiger partial charge in [-0.25, -0.2) is 0 Å². The Labute approximate surface area is 221 Å². The molecule has 0 bridgehead atoms. The van der Waals surface area contributed by atoms with E-state index in [9.17, 15) is 39.9 Å². The zero-order valence-corrected chi connectivity index (χ0v) is 22.2. The molecule has 1 aromatic carbocycles. The van der Waals surface area contributed by atoms with Crippen LogP contribution in [0.3, 0.4) is 0 Å². The Morgan fingerprint density at radius 3 is 2.34 bits per heavy atom. The number of phenolic OH excluding ortho intramolecular Hbond substituents is 1. The molecule has 1 saturated carbocycles. The molecule has 7 N–H and O–H groups in total. The minimum absolute atomic E-state index is 0.0306. The summed E-state index contributed by atoms with van der Waals surface area (Å²) < 4.78 is 0. The first-order valence-corrected chi connectivity index (χ1v) is 12.8. The lowest BCUT2D eigenvalue weighted by atomic mass is 9.54. The fraction of sp³-hybridized carbons (Fsp3) is 0.536. The fourth-order valence-electron chi connectivity index (χ4n) is 6.56. The summed E-state index contributed by atoms with van der Waals surface area (Å²) in [5, 5.41) is 56.8. The van der Waals surface area contributed by atoms with Crippen molar-refractivity contribution in [3.63, 3.8) is 0 Å². The number of nitrogens with zero attached hydrogens (tertiary/aromatic N) is 1. The number of hydrogen-bond acceptors (Lipinski definition) is 9. The molecule has 0 saturated heterocycles. The maximum Gasteiger partial charge on any atom is 0.255 e. The van der Waals surface area contributed by atoms with Gasteiger partial charge in [0.1, 0.15) is 22.8 Å². The summed E-state index contributed by atoms with van der Waals surface area (Å²) in [6.45, 7) is 5.90. The molecule has 3 aliphatic rings. The van der Waals surface area contributed by atoms with Crippen LogP contribution in [0.2, 0.25) is 0 Å². The van der Waals surface area contributed by atoms with Gasteiger partial charge in [0.2, 0.25) is 5.78 Å². The maximum atomic E-state index is 14.0. The summed E-state index contributed by atoms with van der Waals surface area (Å²) in [5.74, 6) is -8.24. The molecule has 1 aromatic rings. The smallest absolute Gasteiger partial charge is 0.255 e. The fourth-order valence-corrected chi connectivity index (χ4v) is 6.56. The third kappa shape index (κ3) is 3.77. The standard InChI is InChI=1S/C28H36N2O8/c1-11(2)7-6-8-13-9-10-14-12(3)15-17(22(32)16(14)21(13)31)25(35)28(38)19(23(15)33)20(30(4)5)24(34)18(26(28)36)27(29)37/h9-12,15,19-20,23,31-33,36,38H,6-8H2,1-5H3,(H2,29,37)/t12-,15-,19+,20-,23-,28+/m1/s1. The van der Waals surface area contributed by atoms with E-state index in [0.29, 0.717) is 23.5 Å². The van der Waals surface area contributed by atoms with Crippen LogP contribution in [0, 0.1) is 17.8 Å². The summed E-state index contributed by atoms with van der Waals surface area (Å²) in [5.41, 5.74) is 2.23. The number of likely N-dealkylation sites (N-methyl/N-ethyl adjacent to an activating group) is 1. The van der Waals surface area contributed by atoms with Crippen LogP contribution < -0.4 is 5.73 Å². The molecule has 4 rings (SSSR count). The number of primary amides is 1. The van der Waals surface area contributed by atoms with Crippen molar-refractivity contribution in [1.82, 2.24) is 4.90 Å². The lowest BCUT2D eigenvalue weighted by Crippen LogP contribution is -2.70. The third-order valence-electron chi connectivity index (χ3n) is 8.44. The minimum atomic E-state index is -2.91. The second-order valence-corrected chi connectivity index (χ2v) is 11.4. The van der Waals surface area contributed by atoms with Crippen molar-refractivity contribution < 1.29 is 39.9 Å². The van der Waals surface area contributed by atoms with Crippen LogP contribution in [0.25, 0.3) is 5.76 Å². The summed E-state index contributed by atoms with van der Waals surface area (Å²) >= 11 is 0. The Morgan fingerprint density at radius 1 is 1.16 bits per heavy atom. The average molecular weight is 529 g/mol. The lowest BCUT2D eigenvalue weighted by molar-refractivity contribution is -0.169. The van der Waals surface area contributed by atoms with Crippen molar-refractivity contribution in [2.24, 2.45) is 23.5 Å². The van der Waals surface area contributed by atoms with E-state index in [1.165, 1.54) is 19.0 Å². The van der Waals surface area contributed by atoms with Gasteiger partial charge in [-0.3, -0.25) is 19.3 Å². The quantitative estimate of drug-likeness (QED) is 0.298. The SMILES string of the molecule is CC(C)CCCc1ccc2c(c1O)C(O)=C1C(=O)[C@]3(O)C(O)=C(C(N)=O)C(=O)[C@H](N(C)C)[C@H]3[C@H](O)[C@@H]1[C@@H]2C. The van der Waals surface area contributed by atoms with Crippen molar-refractivity contribution in [3.8, 4) is 5.75 Å². The topological polar surface area (TPSA) is 182 Å². The van der Waals surface area contributed by atoms with Gasteiger partial charge in [-0.1, -0.05) is 39.3 Å². The number of hydrogen-bond donors (Lipinski definition) is 6. The first kappa shape index (κ1) is 27.8. The minimum Gasteiger partial charge on any atom is -0.508 e. The van der Waals surface area contributed by atoms with Gasteiger partial charge in [-0.15, -0.1) is 0 Å². The number of amides is 1. The Kier molecular flexibility index (Phi) is 6.97. The van der Waals surface area contributed by atoms with E-state index in [1.54, 1.807) is 19.1 Å². The van der Waals surface area contributed by atoms with Gasteiger partial charge in [0, 0.05) is 11.5 Å². The van der Waals surface area contributed by atoms with Gasteiger partial charge in [-0.05, 0) is 49.9 Å². The van der Waals surface area contributed by atoms with E-state index >= 15 is 0 Å². The van der Waals surface area contributed by atoms with Gasteiger partial charge in [0.25, 0.3) is 5.91 Å². The van der Waals surface area contributed by atoms with E-state index in [-0.39, 0.29) is 16.9 Å². The number of benzene rings is 1. The molecule has 1 fully saturated rings. The maximum absolute atomic E-state index is 14.0. The van der Waals surface area contributed by atoms with E-state index in [4.69, 9.17) is 5.73 Å². The van der Waals surface area contributed by atoms with Crippen molar-refractivity contribution in [2.75, 3.05) is 14.1 Å². The molecule has 10 heteroatoms. The molecular formula is C28H36N2O8. The zero-order valence-electron chi connectivity index (χ0n) is 22.2. The average Bonchev–Trinajstić information content (AvgIpc) is 2.82. The number of aliphatic hydroxyl groups is 4. The Balaban J connectivity index is 1.94. The number of rotatable bonds is 6. The van der Waals surface area contributed by atoms with Crippen LogP contribution in [0.4, 0.5) is 0 Å². The Morgan fingerprint density at radius 2 is 1.79 bits per heavy atom.